The molecule has 0 unspecified atom stereocenters. The Balaban J connectivity index is 3.90. The molecule has 0 aromatic heterocycles. The van der Waals surface area contributed by atoms with E-state index in [0.29, 0.717) is 12.1 Å². The van der Waals surface area contributed by atoms with Gasteiger partial charge in [-0.2, -0.15) is 0 Å². The van der Waals surface area contributed by atoms with Crippen LogP contribution >= 0.6 is 0 Å². The summed E-state index contributed by atoms with van der Waals surface area (Å²) in [4.78, 5) is 0. The van der Waals surface area contributed by atoms with E-state index in [0.717, 1.165) is 9.84 Å². The zero-order chi connectivity index (χ0) is 9.02. The molecule has 0 saturated heterocycles. The summed E-state index contributed by atoms with van der Waals surface area (Å²) in [5, 5.41) is 0. The number of nitrogens with zero attached hydrogens (tertiary/aromatic N) is 2. The van der Waals surface area contributed by atoms with Gasteiger partial charge in [-0.1, -0.05) is 27.7 Å². The Bertz CT molecular complexity index is 94.3. The SMILES string of the molecule is CC(C)N([Si]N(C)C)C(C)C. The first kappa shape index (κ1) is 11.1. The van der Waals surface area contributed by atoms with Gasteiger partial charge in [-0.15, -0.1) is 0 Å². The third-order valence-electron chi connectivity index (χ3n) is 1.43. The van der Waals surface area contributed by atoms with E-state index < -0.39 is 0 Å². The van der Waals surface area contributed by atoms with Crippen LogP contribution in [-0.2, 0) is 0 Å². The molecule has 11 heavy (non-hydrogen) atoms. The molecule has 0 N–H and O–H groups in total. The Labute approximate surface area is 73.5 Å². The van der Waals surface area contributed by atoms with E-state index in [4.69, 9.17) is 0 Å². The lowest BCUT2D eigenvalue weighted by atomic mass is 10.3. The van der Waals surface area contributed by atoms with Gasteiger partial charge in [-0.25, -0.2) is 0 Å². The highest BCUT2D eigenvalue weighted by Gasteiger charge is 2.14. The van der Waals surface area contributed by atoms with Crippen LogP contribution < -0.4 is 0 Å². The molecule has 3 heteroatoms. The van der Waals surface area contributed by atoms with Crippen LogP contribution in [0.15, 0.2) is 0 Å². The van der Waals surface area contributed by atoms with Crippen molar-refractivity contribution in [2.75, 3.05) is 14.1 Å². The van der Waals surface area contributed by atoms with Gasteiger partial charge >= 0.3 is 0 Å². The molecule has 0 aromatic rings. The average molecular weight is 172 g/mol. The monoisotopic (exact) mass is 172 g/mol. The van der Waals surface area contributed by atoms with Crippen LogP contribution in [0.4, 0.5) is 0 Å². The zero-order valence-electron chi connectivity index (χ0n) is 8.55. The van der Waals surface area contributed by atoms with Crippen LogP contribution in [0.25, 0.3) is 0 Å². The van der Waals surface area contributed by atoms with Gasteiger partial charge in [0.2, 0.25) is 0 Å². The highest BCUT2D eigenvalue weighted by atomic mass is 28.2. The maximum Gasteiger partial charge on any atom is 0.251 e. The van der Waals surface area contributed by atoms with Crippen molar-refractivity contribution in [3.8, 4) is 0 Å². The topological polar surface area (TPSA) is 6.48 Å². The number of hydrogen-bond acceptors (Lipinski definition) is 2. The van der Waals surface area contributed by atoms with Crippen molar-refractivity contribution >= 4 is 9.84 Å². The molecule has 66 valence electrons. The maximum absolute atomic E-state index is 2.49. The van der Waals surface area contributed by atoms with Gasteiger partial charge in [-0.3, -0.25) is 0 Å². The molecule has 2 radical (unpaired) electrons. The van der Waals surface area contributed by atoms with Crippen LogP contribution in [0.1, 0.15) is 27.7 Å². The molecule has 0 aliphatic heterocycles. The van der Waals surface area contributed by atoms with E-state index in [1.807, 2.05) is 0 Å². The van der Waals surface area contributed by atoms with Crippen molar-refractivity contribution in [3.05, 3.63) is 0 Å². The highest BCUT2D eigenvalue weighted by molar-refractivity contribution is 6.28. The molecule has 0 aliphatic rings. The van der Waals surface area contributed by atoms with Gasteiger partial charge in [0, 0.05) is 0 Å². The van der Waals surface area contributed by atoms with E-state index in [1.165, 1.54) is 0 Å². The lowest BCUT2D eigenvalue weighted by Gasteiger charge is -2.31. The summed E-state index contributed by atoms with van der Waals surface area (Å²) < 4.78 is 4.72. The minimum Gasteiger partial charge on any atom is -0.318 e. The summed E-state index contributed by atoms with van der Waals surface area (Å²) in [7, 11) is 5.05. The van der Waals surface area contributed by atoms with Gasteiger partial charge < -0.3 is 9.13 Å². The molecule has 0 bridgehead atoms. The normalized spacial score (nSPS) is 12.5. The summed E-state index contributed by atoms with van der Waals surface area (Å²) in [6.07, 6.45) is 0. The highest BCUT2D eigenvalue weighted by Crippen LogP contribution is 2.02. The second-order valence-electron chi connectivity index (χ2n) is 3.59. The summed E-state index contributed by atoms with van der Waals surface area (Å²) in [5.74, 6) is 0. The Hall–Kier alpha value is 0.137. The molecule has 0 rings (SSSR count). The standard InChI is InChI=1S/C8H20N2Si/c1-7(2)10(8(3)4)11-9(5)6/h7-8H,1-6H3. The Kier molecular flexibility index (Phi) is 4.96. The van der Waals surface area contributed by atoms with Gasteiger partial charge in [0.05, 0.1) is 0 Å². The minimum atomic E-state index is 0.649. The third-order valence-corrected chi connectivity index (χ3v) is 3.09. The van der Waals surface area contributed by atoms with Crippen molar-refractivity contribution < 1.29 is 0 Å². The Morgan fingerprint density at radius 3 is 1.36 bits per heavy atom. The number of rotatable bonds is 4. The summed E-state index contributed by atoms with van der Waals surface area (Å²) in [6.45, 7) is 8.99. The lowest BCUT2D eigenvalue weighted by molar-refractivity contribution is 0.293. The van der Waals surface area contributed by atoms with Crippen LogP contribution in [0.2, 0.25) is 0 Å². The maximum atomic E-state index is 2.49. The molecule has 0 saturated carbocycles. The van der Waals surface area contributed by atoms with Crippen molar-refractivity contribution in [2.24, 2.45) is 0 Å². The predicted molar refractivity (Wildman–Crippen MR) is 51.6 cm³/mol. The van der Waals surface area contributed by atoms with Crippen LogP contribution in [0.5, 0.6) is 0 Å². The molecular formula is C8H20N2Si. The first-order chi connectivity index (χ1) is 4.95. The average Bonchev–Trinajstić information content (AvgIpc) is 1.81. The summed E-state index contributed by atoms with van der Waals surface area (Å²) >= 11 is 0. The van der Waals surface area contributed by atoms with Crippen LogP contribution in [0.3, 0.4) is 0 Å². The predicted octanol–water partition coefficient (Wildman–Crippen LogP) is 1.20. The van der Waals surface area contributed by atoms with E-state index in [9.17, 15) is 0 Å². The van der Waals surface area contributed by atoms with Gasteiger partial charge in [0.15, 0.2) is 0 Å². The van der Waals surface area contributed by atoms with E-state index in [2.05, 4.69) is 50.9 Å². The minimum absolute atomic E-state index is 0.649. The van der Waals surface area contributed by atoms with Gasteiger partial charge in [-0.05, 0) is 26.2 Å². The van der Waals surface area contributed by atoms with Crippen molar-refractivity contribution in [1.29, 1.82) is 0 Å². The largest absolute Gasteiger partial charge is 0.318 e. The molecule has 2 nitrogen and oxygen atoms in total. The smallest absolute Gasteiger partial charge is 0.251 e. The fourth-order valence-corrected chi connectivity index (χ4v) is 1.98. The first-order valence-electron chi connectivity index (χ1n) is 4.17. The summed E-state index contributed by atoms with van der Waals surface area (Å²) in [5.41, 5.74) is 0. The second kappa shape index (κ2) is 4.90. The van der Waals surface area contributed by atoms with E-state index in [1.54, 1.807) is 0 Å². The van der Waals surface area contributed by atoms with Gasteiger partial charge in [0.25, 0.3) is 9.84 Å². The molecule has 0 atom stereocenters. The van der Waals surface area contributed by atoms with Crippen LogP contribution in [0, 0.1) is 0 Å². The zero-order valence-corrected chi connectivity index (χ0v) is 9.55. The molecule has 0 amide bonds. The van der Waals surface area contributed by atoms with E-state index in [-0.39, 0.29) is 0 Å². The second-order valence-corrected chi connectivity index (χ2v) is 5.20. The molecule has 0 spiro atoms. The van der Waals surface area contributed by atoms with Gasteiger partial charge in [0.1, 0.15) is 0 Å². The lowest BCUT2D eigenvalue weighted by Crippen LogP contribution is -2.45. The van der Waals surface area contributed by atoms with Crippen molar-refractivity contribution in [1.82, 2.24) is 9.13 Å². The first-order valence-corrected chi connectivity index (χ1v) is 5.06. The third kappa shape index (κ3) is 4.56. The molecule has 0 aromatic carbocycles. The molecule has 0 heterocycles. The quantitative estimate of drug-likeness (QED) is 0.588. The van der Waals surface area contributed by atoms with Crippen LogP contribution in [-0.4, -0.2) is 45.2 Å². The Morgan fingerprint density at radius 1 is 0.909 bits per heavy atom. The molecule has 0 fully saturated rings. The molecule has 0 aliphatic carbocycles. The Morgan fingerprint density at radius 2 is 1.27 bits per heavy atom. The number of hydrogen-bond donors (Lipinski definition) is 0. The fourth-order valence-electron chi connectivity index (χ4n) is 1.06. The van der Waals surface area contributed by atoms with Crippen molar-refractivity contribution in [2.45, 2.75) is 39.8 Å². The molecular weight excluding hydrogens is 152 g/mol. The summed E-state index contributed by atoms with van der Waals surface area (Å²) in [6, 6.07) is 1.30. The van der Waals surface area contributed by atoms with E-state index >= 15 is 0 Å². The fraction of sp³-hybridized carbons (Fsp3) is 1.00. The van der Waals surface area contributed by atoms with Crippen molar-refractivity contribution in [3.63, 3.8) is 0 Å².